The first kappa shape index (κ1) is 14.5. The van der Waals surface area contributed by atoms with Crippen LogP contribution in [0.15, 0.2) is 35.2 Å². The monoisotopic (exact) mass is 303 g/mol. The smallest absolute Gasteiger partial charge is 0.229 e. The van der Waals surface area contributed by atoms with Gasteiger partial charge >= 0.3 is 0 Å². The van der Waals surface area contributed by atoms with Gasteiger partial charge in [-0.05, 0) is 30.9 Å². The molecule has 0 bridgehead atoms. The van der Waals surface area contributed by atoms with Crippen LogP contribution in [0.4, 0.5) is 0 Å². The van der Waals surface area contributed by atoms with Crippen molar-refractivity contribution in [2.45, 2.75) is 17.7 Å². The summed E-state index contributed by atoms with van der Waals surface area (Å²) in [5.41, 5.74) is 0. The van der Waals surface area contributed by atoms with Crippen LogP contribution >= 0.6 is 0 Å². The van der Waals surface area contributed by atoms with Crippen molar-refractivity contribution in [3.63, 3.8) is 0 Å². The third kappa shape index (κ3) is 4.02. The fraction of sp³-hybridized carbons (Fsp3) is 0.500. The lowest BCUT2D eigenvalue weighted by Gasteiger charge is -2.09. The molecule has 1 unspecified atom stereocenters. The Bertz CT molecular complexity index is 623. The second-order valence-corrected chi connectivity index (χ2v) is 8.76. The molecular weight excluding hydrogens is 286 g/mol. The summed E-state index contributed by atoms with van der Waals surface area (Å²) >= 11 is 0. The lowest BCUT2D eigenvalue weighted by Crippen LogP contribution is -2.26. The fourth-order valence-electron chi connectivity index (χ4n) is 2.18. The Morgan fingerprint density at radius 2 is 1.89 bits per heavy atom. The zero-order valence-electron chi connectivity index (χ0n) is 10.4. The highest BCUT2D eigenvalue weighted by Crippen LogP contribution is 2.21. The number of hydrogen-bond acceptors (Lipinski definition) is 4. The van der Waals surface area contributed by atoms with Gasteiger partial charge < -0.3 is 0 Å². The van der Waals surface area contributed by atoms with Crippen LogP contribution in [0.3, 0.4) is 0 Å². The predicted octanol–water partition coefficient (Wildman–Crippen LogP) is 0.790. The van der Waals surface area contributed by atoms with Gasteiger partial charge in [-0.2, -0.15) is 0 Å². The van der Waals surface area contributed by atoms with Crippen molar-refractivity contribution in [1.82, 2.24) is 4.72 Å². The van der Waals surface area contributed by atoms with Crippen LogP contribution in [-0.2, 0) is 19.9 Å². The Morgan fingerprint density at radius 3 is 2.47 bits per heavy atom. The number of rotatable bonds is 5. The van der Waals surface area contributed by atoms with Gasteiger partial charge in [-0.3, -0.25) is 0 Å². The number of hydrogen-bond donors (Lipinski definition) is 1. The van der Waals surface area contributed by atoms with Crippen LogP contribution in [0, 0.1) is 5.92 Å². The van der Waals surface area contributed by atoms with E-state index >= 15 is 0 Å². The Balaban J connectivity index is 1.86. The van der Waals surface area contributed by atoms with Crippen LogP contribution in [0.2, 0.25) is 0 Å². The SMILES string of the molecule is O=S1(=O)CCC(CCNS(=O)(=O)c2ccccc2)C1. The first-order valence-corrected chi connectivity index (χ1v) is 9.45. The van der Waals surface area contributed by atoms with E-state index in [4.69, 9.17) is 0 Å². The number of nitrogens with one attached hydrogen (secondary N) is 1. The molecule has 1 fully saturated rings. The van der Waals surface area contributed by atoms with Crippen molar-refractivity contribution in [1.29, 1.82) is 0 Å². The predicted molar refractivity (Wildman–Crippen MR) is 73.0 cm³/mol. The molecule has 0 aliphatic carbocycles. The third-order valence-electron chi connectivity index (χ3n) is 3.22. The Kier molecular flexibility index (Phi) is 4.27. The van der Waals surface area contributed by atoms with E-state index in [0.717, 1.165) is 0 Å². The molecule has 1 saturated heterocycles. The average Bonchev–Trinajstić information content (AvgIpc) is 2.70. The van der Waals surface area contributed by atoms with Crippen molar-refractivity contribution < 1.29 is 16.8 Å². The normalized spacial score (nSPS) is 22.4. The van der Waals surface area contributed by atoms with Crippen molar-refractivity contribution >= 4 is 19.9 Å². The molecule has 1 aromatic rings. The summed E-state index contributed by atoms with van der Waals surface area (Å²) in [7, 11) is -6.37. The van der Waals surface area contributed by atoms with Gasteiger partial charge in [-0.1, -0.05) is 18.2 Å². The van der Waals surface area contributed by atoms with Gasteiger partial charge in [0.1, 0.15) is 0 Å². The van der Waals surface area contributed by atoms with E-state index in [1.54, 1.807) is 18.2 Å². The zero-order chi connectivity index (χ0) is 13.9. The number of sulfone groups is 1. The first-order chi connectivity index (χ1) is 8.89. The Labute approximate surface area is 114 Å². The molecule has 106 valence electrons. The zero-order valence-corrected chi connectivity index (χ0v) is 12.1. The molecule has 1 aromatic carbocycles. The minimum atomic E-state index is -3.48. The third-order valence-corrected chi connectivity index (χ3v) is 6.54. The standard InChI is InChI=1S/C12H17NO4S2/c14-18(15)9-7-11(10-18)6-8-13-19(16,17)12-4-2-1-3-5-12/h1-5,11,13H,6-10H2. The van der Waals surface area contributed by atoms with E-state index in [1.165, 1.54) is 12.1 Å². The minimum Gasteiger partial charge on any atom is -0.229 e. The van der Waals surface area contributed by atoms with Gasteiger partial charge in [-0.25, -0.2) is 21.6 Å². The molecule has 1 N–H and O–H groups in total. The second-order valence-electron chi connectivity index (χ2n) is 4.77. The molecule has 0 spiro atoms. The van der Waals surface area contributed by atoms with Gasteiger partial charge in [0, 0.05) is 6.54 Å². The van der Waals surface area contributed by atoms with Crippen molar-refractivity contribution in [3.8, 4) is 0 Å². The molecule has 1 aliphatic rings. The van der Waals surface area contributed by atoms with Crippen molar-refractivity contribution in [3.05, 3.63) is 30.3 Å². The molecule has 2 rings (SSSR count). The molecule has 1 aliphatic heterocycles. The molecule has 7 heteroatoms. The fourth-order valence-corrected chi connectivity index (χ4v) is 5.16. The van der Waals surface area contributed by atoms with Crippen LogP contribution in [0.25, 0.3) is 0 Å². The lowest BCUT2D eigenvalue weighted by atomic mass is 10.1. The Morgan fingerprint density at radius 1 is 1.21 bits per heavy atom. The van der Waals surface area contributed by atoms with E-state index < -0.39 is 19.9 Å². The van der Waals surface area contributed by atoms with Gasteiger partial charge in [0.2, 0.25) is 10.0 Å². The van der Waals surface area contributed by atoms with E-state index in [9.17, 15) is 16.8 Å². The van der Waals surface area contributed by atoms with Crippen LogP contribution < -0.4 is 4.72 Å². The summed E-state index contributed by atoms with van der Waals surface area (Å²) in [6.45, 7) is 0.275. The average molecular weight is 303 g/mol. The maximum atomic E-state index is 11.9. The van der Waals surface area contributed by atoms with E-state index in [2.05, 4.69) is 4.72 Å². The van der Waals surface area contributed by atoms with Crippen LogP contribution in [0.1, 0.15) is 12.8 Å². The molecule has 1 atom stereocenters. The van der Waals surface area contributed by atoms with E-state index in [-0.39, 0.29) is 28.9 Å². The lowest BCUT2D eigenvalue weighted by molar-refractivity contribution is 0.527. The summed E-state index contributed by atoms with van der Waals surface area (Å²) in [5, 5.41) is 0. The molecule has 1 heterocycles. The van der Waals surface area contributed by atoms with Crippen molar-refractivity contribution in [2.24, 2.45) is 5.92 Å². The Hall–Kier alpha value is -0.920. The maximum absolute atomic E-state index is 11.9. The maximum Gasteiger partial charge on any atom is 0.240 e. The molecule has 0 amide bonds. The first-order valence-electron chi connectivity index (χ1n) is 6.14. The van der Waals surface area contributed by atoms with E-state index in [0.29, 0.717) is 12.8 Å². The van der Waals surface area contributed by atoms with Crippen LogP contribution in [0.5, 0.6) is 0 Å². The van der Waals surface area contributed by atoms with E-state index in [1.807, 2.05) is 0 Å². The minimum absolute atomic E-state index is 0.0727. The summed E-state index contributed by atoms with van der Waals surface area (Å²) in [6, 6.07) is 8.14. The summed E-state index contributed by atoms with van der Waals surface area (Å²) in [6.07, 6.45) is 1.20. The molecule has 19 heavy (non-hydrogen) atoms. The van der Waals surface area contributed by atoms with Gasteiger partial charge in [-0.15, -0.1) is 0 Å². The summed E-state index contributed by atoms with van der Waals surface area (Å²) in [5.74, 6) is 0.479. The number of benzene rings is 1. The molecule has 0 aromatic heterocycles. The second kappa shape index (κ2) is 5.60. The highest BCUT2D eigenvalue weighted by molar-refractivity contribution is 7.91. The van der Waals surface area contributed by atoms with Gasteiger partial charge in [0.15, 0.2) is 9.84 Å². The topological polar surface area (TPSA) is 80.3 Å². The largest absolute Gasteiger partial charge is 0.240 e. The molecule has 5 nitrogen and oxygen atoms in total. The number of sulfonamides is 1. The summed E-state index contributed by atoms with van der Waals surface area (Å²) in [4.78, 5) is 0.231. The highest BCUT2D eigenvalue weighted by atomic mass is 32.2. The molecule has 0 radical (unpaired) electrons. The van der Waals surface area contributed by atoms with Crippen LogP contribution in [-0.4, -0.2) is 34.9 Å². The van der Waals surface area contributed by atoms with Crippen molar-refractivity contribution in [2.75, 3.05) is 18.1 Å². The van der Waals surface area contributed by atoms with Gasteiger partial charge in [0.05, 0.1) is 16.4 Å². The quantitative estimate of drug-likeness (QED) is 0.872. The molecule has 0 saturated carbocycles. The van der Waals surface area contributed by atoms with Gasteiger partial charge in [0.25, 0.3) is 0 Å². The highest BCUT2D eigenvalue weighted by Gasteiger charge is 2.27. The molecular formula is C12H17NO4S2. The summed E-state index contributed by atoms with van der Waals surface area (Å²) < 4.78 is 48.9.